The normalized spacial score (nSPS) is 22.8. The molecule has 1 N–H and O–H groups in total. The summed E-state index contributed by atoms with van der Waals surface area (Å²) in [5.41, 5.74) is 1.18. The molecular formula is C12H21N3S2. The molecule has 0 amide bonds. The molecular weight excluding hydrogens is 250 g/mol. The molecule has 1 saturated heterocycles. The average molecular weight is 271 g/mol. The molecule has 1 aliphatic rings. The fraction of sp³-hybridized carbons (Fsp3) is 0.750. The van der Waals surface area contributed by atoms with Crippen LogP contribution in [-0.2, 0) is 0 Å². The molecule has 3 nitrogen and oxygen atoms in total. The van der Waals surface area contributed by atoms with Gasteiger partial charge in [-0.05, 0) is 27.8 Å². The second-order valence-electron chi connectivity index (χ2n) is 4.57. The van der Waals surface area contributed by atoms with Gasteiger partial charge < -0.3 is 10.2 Å². The minimum absolute atomic E-state index is 0.399. The summed E-state index contributed by atoms with van der Waals surface area (Å²) in [6.45, 7) is 7.74. The molecule has 1 aliphatic heterocycles. The van der Waals surface area contributed by atoms with Crippen molar-refractivity contribution in [2.75, 3.05) is 30.0 Å². The second kappa shape index (κ2) is 5.59. The minimum atomic E-state index is 0.399. The summed E-state index contributed by atoms with van der Waals surface area (Å²) in [6, 6.07) is 1.01. The van der Waals surface area contributed by atoms with Crippen LogP contribution in [0.3, 0.4) is 0 Å². The van der Waals surface area contributed by atoms with Gasteiger partial charge in [-0.1, -0.05) is 0 Å². The van der Waals surface area contributed by atoms with Gasteiger partial charge in [0.2, 0.25) is 0 Å². The van der Waals surface area contributed by atoms with E-state index in [1.807, 2.05) is 30.1 Å². The molecule has 2 unspecified atom stereocenters. The third-order valence-electron chi connectivity index (χ3n) is 3.26. The number of thiazole rings is 1. The number of thioether (sulfide) groups is 1. The molecule has 0 saturated carbocycles. The summed E-state index contributed by atoms with van der Waals surface area (Å²) >= 11 is 3.89. The number of hydrogen-bond acceptors (Lipinski definition) is 5. The zero-order valence-corrected chi connectivity index (χ0v) is 12.6. The van der Waals surface area contributed by atoms with Crippen molar-refractivity contribution < 1.29 is 0 Å². The van der Waals surface area contributed by atoms with E-state index in [-0.39, 0.29) is 0 Å². The largest absolute Gasteiger partial charge is 0.344 e. The van der Waals surface area contributed by atoms with Gasteiger partial charge in [0, 0.05) is 35.0 Å². The predicted molar refractivity (Wildman–Crippen MR) is 78.5 cm³/mol. The van der Waals surface area contributed by atoms with Gasteiger partial charge in [-0.2, -0.15) is 11.8 Å². The summed E-state index contributed by atoms with van der Waals surface area (Å²) in [6.07, 6.45) is 0. The number of anilines is 1. The smallest absolute Gasteiger partial charge is 0.186 e. The Morgan fingerprint density at radius 2 is 2.29 bits per heavy atom. The van der Waals surface area contributed by atoms with Gasteiger partial charge >= 0.3 is 0 Å². The van der Waals surface area contributed by atoms with Crippen LogP contribution in [0.2, 0.25) is 0 Å². The molecule has 0 aliphatic carbocycles. The van der Waals surface area contributed by atoms with E-state index in [0.717, 1.165) is 6.54 Å². The van der Waals surface area contributed by atoms with Gasteiger partial charge in [0.05, 0.1) is 5.69 Å². The molecule has 2 atom stereocenters. The van der Waals surface area contributed by atoms with Crippen LogP contribution in [0, 0.1) is 6.92 Å². The van der Waals surface area contributed by atoms with Crippen molar-refractivity contribution in [1.29, 1.82) is 0 Å². The summed E-state index contributed by atoms with van der Waals surface area (Å²) in [7, 11) is 2.00. The van der Waals surface area contributed by atoms with Crippen LogP contribution in [0.4, 0.5) is 5.13 Å². The van der Waals surface area contributed by atoms with Gasteiger partial charge in [-0.15, -0.1) is 11.3 Å². The van der Waals surface area contributed by atoms with E-state index < -0.39 is 0 Å². The maximum absolute atomic E-state index is 4.75. The Morgan fingerprint density at radius 3 is 2.94 bits per heavy atom. The zero-order valence-electron chi connectivity index (χ0n) is 11.0. The van der Waals surface area contributed by atoms with Crippen LogP contribution < -0.4 is 10.2 Å². The number of aryl methyl sites for hydroxylation is 1. The summed E-state index contributed by atoms with van der Waals surface area (Å²) < 4.78 is 0. The van der Waals surface area contributed by atoms with Gasteiger partial charge in [0.1, 0.15) is 0 Å². The molecule has 1 aromatic heterocycles. The minimum Gasteiger partial charge on any atom is -0.344 e. The van der Waals surface area contributed by atoms with Crippen molar-refractivity contribution in [2.24, 2.45) is 0 Å². The highest BCUT2D eigenvalue weighted by atomic mass is 32.2. The fourth-order valence-electron chi connectivity index (χ4n) is 2.06. The van der Waals surface area contributed by atoms with Gasteiger partial charge in [0.15, 0.2) is 5.13 Å². The van der Waals surface area contributed by atoms with Crippen molar-refractivity contribution in [3.8, 4) is 0 Å². The summed E-state index contributed by atoms with van der Waals surface area (Å²) in [5.74, 6) is 2.44. The fourth-order valence-corrected chi connectivity index (χ4v) is 4.33. The van der Waals surface area contributed by atoms with E-state index in [1.165, 1.54) is 27.2 Å². The van der Waals surface area contributed by atoms with Crippen molar-refractivity contribution in [3.05, 3.63) is 10.6 Å². The number of nitrogens with zero attached hydrogens (tertiary/aromatic N) is 2. The monoisotopic (exact) mass is 271 g/mol. The number of aromatic nitrogens is 1. The third kappa shape index (κ3) is 2.77. The Bertz CT molecular complexity index is 378. The topological polar surface area (TPSA) is 28.2 Å². The quantitative estimate of drug-likeness (QED) is 0.915. The highest BCUT2D eigenvalue weighted by molar-refractivity contribution is 7.99. The highest BCUT2D eigenvalue weighted by Gasteiger charge is 2.23. The standard InChI is InChI=1S/C12H21N3S2/c1-8-7-16-6-5-15(8)12-14-10(3)11(17-12)9(2)13-4/h8-9,13H,5-7H2,1-4H3. The van der Waals surface area contributed by atoms with Crippen LogP contribution in [-0.4, -0.2) is 36.1 Å². The van der Waals surface area contributed by atoms with Crippen molar-refractivity contribution in [1.82, 2.24) is 10.3 Å². The van der Waals surface area contributed by atoms with Crippen molar-refractivity contribution in [2.45, 2.75) is 32.9 Å². The Hall–Kier alpha value is -0.260. The second-order valence-corrected chi connectivity index (χ2v) is 6.73. The number of rotatable bonds is 3. The molecule has 5 heteroatoms. The highest BCUT2D eigenvalue weighted by Crippen LogP contribution is 2.33. The van der Waals surface area contributed by atoms with Crippen LogP contribution in [0.1, 0.15) is 30.5 Å². The first kappa shape index (κ1) is 13.2. The Labute approximate surface area is 112 Å². The van der Waals surface area contributed by atoms with Gasteiger partial charge in [-0.25, -0.2) is 4.98 Å². The predicted octanol–water partition coefficient (Wildman–Crippen LogP) is 2.67. The molecule has 17 heavy (non-hydrogen) atoms. The molecule has 0 spiro atoms. The average Bonchev–Trinajstić information content (AvgIpc) is 2.71. The Kier molecular flexibility index (Phi) is 4.33. The van der Waals surface area contributed by atoms with E-state index >= 15 is 0 Å². The molecule has 1 fully saturated rings. The third-order valence-corrected chi connectivity index (χ3v) is 5.83. The molecule has 2 rings (SSSR count). The lowest BCUT2D eigenvalue weighted by molar-refractivity contribution is 0.658. The lowest BCUT2D eigenvalue weighted by Crippen LogP contribution is -2.40. The maximum atomic E-state index is 4.75. The van der Waals surface area contributed by atoms with Crippen LogP contribution in [0.5, 0.6) is 0 Å². The first-order chi connectivity index (χ1) is 8.13. The number of hydrogen-bond donors (Lipinski definition) is 1. The maximum Gasteiger partial charge on any atom is 0.186 e. The van der Waals surface area contributed by atoms with Crippen LogP contribution >= 0.6 is 23.1 Å². The lowest BCUT2D eigenvalue weighted by atomic mass is 10.2. The Balaban J connectivity index is 2.21. The molecule has 0 aromatic carbocycles. The van der Waals surface area contributed by atoms with E-state index in [4.69, 9.17) is 4.98 Å². The zero-order chi connectivity index (χ0) is 12.4. The van der Waals surface area contributed by atoms with E-state index in [1.54, 1.807) is 0 Å². The van der Waals surface area contributed by atoms with Crippen LogP contribution in [0.15, 0.2) is 0 Å². The summed E-state index contributed by atoms with van der Waals surface area (Å²) in [4.78, 5) is 8.58. The van der Waals surface area contributed by atoms with E-state index in [0.29, 0.717) is 12.1 Å². The lowest BCUT2D eigenvalue weighted by Gasteiger charge is -2.32. The molecule has 2 heterocycles. The van der Waals surface area contributed by atoms with E-state index in [2.05, 4.69) is 31.0 Å². The molecule has 0 bridgehead atoms. The first-order valence-corrected chi connectivity index (χ1v) is 8.09. The first-order valence-electron chi connectivity index (χ1n) is 6.12. The Morgan fingerprint density at radius 1 is 1.53 bits per heavy atom. The van der Waals surface area contributed by atoms with Gasteiger partial charge in [-0.3, -0.25) is 0 Å². The van der Waals surface area contributed by atoms with E-state index in [9.17, 15) is 0 Å². The van der Waals surface area contributed by atoms with Crippen LogP contribution in [0.25, 0.3) is 0 Å². The summed E-state index contributed by atoms with van der Waals surface area (Å²) in [5, 5.41) is 4.50. The van der Waals surface area contributed by atoms with Crippen molar-refractivity contribution in [3.63, 3.8) is 0 Å². The molecule has 1 aromatic rings. The van der Waals surface area contributed by atoms with Gasteiger partial charge in [0.25, 0.3) is 0 Å². The van der Waals surface area contributed by atoms with Crippen molar-refractivity contribution >= 4 is 28.2 Å². The molecule has 96 valence electrons. The number of nitrogens with one attached hydrogen (secondary N) is 1. The SMILES string of the molecule is CNC(C)c1sc(N2CCSCC2C)nc1C. The molecule has 0 radical (unpaired) electrons.